The zero-order valence-corrected chi connectivity index (χ0v) is 12.7. The summed E-state index contributed by atoms with van der Waals surface area (Å²) in [5.41, 5.74) is 0. The Morgan fingerprint density at radius 2 is 2.17 bits per heavy atom. The van der Waals surface area contributed by atoms with Crippen LogP contribution in [0.1, 0.15) is 72.1 Å². The standard InChI is InChI=1S/C16H33NO/c1-4-11-17-15(13-14(3)5-2)8-6-9-16-10-7-12-18-16/h14-17H,4-13H2,1-3H3. The van der Waals surface area contributed by atoms with Gasteiger partial charge in [0.15, 0.2) is 0 Å². The van der Waals surface area contributed by atoms with Crippen molar-refractivity contribution in [2.24, 2.45) is 5.92 Å². The van der Waals surface area contributed by atoms with E-state index in [1.54, 1.807) is 0 Å². The molecule has 0 aromatic carbocycles. The first-order valence-corrected chi connectivity index (χ1v) is 8.11. The Labute approximate surface area is 114 Å². The van der Waals surface area contributed by atoms with E-state index >= 15 is 0 Å². The molecule has 1 fully saturated rings. The zero-order chi connectivity index (χ0) is 13.2. The van der Waals surface area contributed by atoms with Crippen LogP contribution >= 0.6 is 0 Å². The molecule has 0 amide bonds. The minimum Gasteiger partial charge on any atom is -0.378 e. The first kappa shape index (κ1) is 16.0. The minimum atomic E-state index is 0.570. The molecule has 0 saturated carbocycles. The second-order valence-electron chi connectivity index (χ2n) is 5.97. The second-order valence-corrected chi connectivity index (χ2v) is 5.97. The monoisotopic (exact) mass is 255 g/mol. The van der Waals surface area contributed by atoms with Gasteiger partial charge in [-0.05, 0) is 57.4 Å². The van der Waals surface area contributed by atoms with Crippen LogP contribution in [0, 0.1) is 5.92 Å². The molecule has 0 aromatic rings. The van der Waals surface area contributed by atoms with Crippen molar-refractivity contribution < 1.29 is 4.74 Å². The number of rotatable bonds is 10. The molecule has 0 spiro atoms. The van der Waals surface area contributed by atoms with Crippen LogP contribution in [0.4, 0.5) is 0 Å². The summed E-state index contributed by atoms with van der Waals surface area (Å²) in [4.78, 5) is 0. The summed E-state index contributed by atoms with van der Waals surface area (Å²) >= 11 is 0. The Hall–Kier alpha value is -0.0800. The van der Waals surface area contributed by atoms with Gasteiger partial charge < -0.3 is 10.1 Å². The van der Waals surface area contributed by atoms with E-state index in [4.69, 9.17) is 4.74 Å². The predicted octanol–water partition coefficient (Wildman–Crippen LogP) is 4.14. The molecule has 1 N–H and O–H groups in total. The van der Waals surface area contributed by atoms with Gasteiger partial charge in [0.1, 0.15) is 0 Å². The highest BCUT2D eigenvalue weighted by Crippen LogP contribution is 2.20. The maximum Gasteiger partial charge on any atom is 0.0576 e. The lowest BCUT2D eigenvalue weighted by Crippen LogP contribution is -2.31. The van der Waals surface area contributed by atoms with Gasteiger partial charge in [-0.2, -0.15) is 0 Å². The molecule has 0 aliphatic carbocycles. The Kier molecular flexibility index (Phi) is 8.70. The van der Waals surface area contributed by atoms with Crippen molar-refractivity contribution in [1.82, 2.24) is 5.32 Å². The number of hydrogen-bond acceptors (Lipinski definition) is 2. The van der Waals surface area contributed by atoms with Crippen LogP contribution in [0.25, 0.3) is 0 Å². The van der Waals surface area contributed by atoms with Crippen molar-refractivity contribution in [1.29, 1.82) is 0 Å². The highest BCUT2D eigenvalue weighted by Gasteiger charge is 2.16. The third-order valence-corrected chi connectivity index (χ3v) is 4.17. The smallest absolute Gasteiger partial charge is 0.0576 e. The quantitative estimate of drug-likeness (QED) is 0.633. The minimum absolute atomic E-state index is 0.570. The van der Waals surface area contributed by atoms with E-state index in [2.05, 4.69) is 26.1 Å². The molecule has 2 heteroatoms. The van der Waals surface area contributed by atoms with Gasteiger partial charge in [-0.15, -0.1) is 0 Å². The molecule has 1 saturated heterocycles. The molecular weight excluding hydrogens is 222 g/mol. The van der Waals surface area contributed by atoms with Crippen LogP contribution in [0.5, 0.6) is 0 Å². The fourth-order valence-corrected chi connectivity index (χ4v) is 2.77. The SMILES string of the molecule is CCCNC(CCCC1CCCO1)CC(C)CC. The third-order valence-electron chi connectivity index (χ3n) is 4.17. The van der Waals surface area contributed by atoms with Gasteiger partial charge in [0.05, 0.1) is 6.10 Å². The van der Waals surface area contributed by atoms with E-state index in [0.29, 0.717) is 6.10 Å². The summed E-state index contributed by atoms with van der Waals surface area (Å²) in [6, 6.07) is 0.723. The van der Waals surface area contributed by atoms with Crippen LogP contribution in [0.15, 0.2) is 0 Å². The number of nitrogens with one attached hydrogen (secondary N) is 1. The van der Waals surface area contributed by atoms with Gasteiger partial charge in [0.2, 0.25) is 0 Å². The average molecular weight is 255 g/mol. The van der Waals surface area contributed by atoms with Gasteiger partial charge in [0.25, 0.3) is 0 Å². The van der Waals surface area contributed by atoms with E-state index in [9.17, 15) is 0 Å². The Bertz CT molecular complexity index is 190. The normalized spacial score (nSPS) is 23.2. The Morgan fingerprint density at radius 3 is 2.78 bits per heavy atom. The van der Waals surface area contributed by atoms with Gasteiger partial charge >= 0.3 is 0 Å². The second kappa shape index (κ2) is 9.80. The van der Waals surface area contributed by atoms with E-state index in [1.807, 2.05) is 0 Å². The number of ether oxygens (including phenoxy) is 1. The number of hydrogen-bond donors (Lipinski definition) is 1. The Balaban J connectivity index is 2.16. The molecule has 108 valence electrons. The molecule has 1 rings (SSSR count). The van der Waals surface area contributed by atoms with Crippen molar-refractivity contribution in [2.75, 3.05) is 13.2 Å². The largest absolute Gasteiger partial charge is 0.378 e. The zero-order valence-electron chi connectivity index (χ0n) is 12.7. The van der Waals surface area contributed by atoms with Crippen molar-refractivity contribution >= 4 is 0 Å². The van der Waals surface area contributed by atoms with Crippen LogP contribution in [-0.2, 0) is 4.74 Å². The first-order chi connectivity index (χ1) is 8.76. The summed E-state index contributed by atoms with van der Waals surface area (Å²) < 4.78 is 5.70. The van der Waals surface area contributed by atoms with Crippen molar-refractivity contribution in [3.8, 4) is 0 Å². The van der Waals surface area contributed by atoms with Gasteiger partial charge in [0, 0.05) is 12.6 Å². The van der Waals surface area contributed by atoms with Crippen LogP contribution < -0.4 is 5.32 Å². The average Bonchev–Trinajstić information content (AvgIpc) is 2.88. The van der Waals surface area contributed by atoms with E-state index < -0.39 is 0 Å². The first-order valence-electron chi connectivity index (χ1n) is 8.11. The van der Waals surface area contributed by atoms with Crippen molar-refractivity contribution in [3.05, 3.63) is 0 Å². The maximum absolute atomic E-state index is 5.70. The molecular formula is C16H33NO. The topological polar surface area (TPSA) is 21.3 Å². The van der Waals surface area contributed by atoms with Gasteiger partial charge in [-0.1, -0.05) is 27.2 Å². The summed E-state index contributed by atoms with van der Waals surface area (Å²) in [6.07, 6.45) is 10.9. The van der Waals surface area contributed by atoms with Gasteiger partial charge in [-0.25, -0.2) is 0 Å². The van der Waals surface area contributed by atoms with Crippen LogP contribution in [-0.4, -0.2) is 25.3 Å². The van der Waals surface area contributed by atoms with Gasteiger partial charge in [-0.3, -0.25) is 0 Å². The molecule has 1 heterocycles. The maximum atomic E-state index is 5.70. The van der Waals surface area contributed by atoms with Crippen molar-refractivity contribution in [2.45, 2.75) is 84.3 Å². The lowest BCUT2D eigenvalue weighted by Gasteiger charge is -2.22. The lowest BCUT2D eigenvalue weighted by molar-refractivity contribution is 0.101. The van der Waals surface area contributed by atoms with Crippen LogP contribution in [0.2, 0.25) is 0 Å². The molecule has 1 aliphatic heterocycles. The molecule has 18 heavy (non-hydrogen) atoms. The summed E-state index contributed by atoms with van der Waals surface area (Å²) in [5.74, 6) is 0.849. The van der Waals surface area contributed by atoms with Crippen molar-refractivity contribution in [3.63, 3.8) is 0 Å². The fraction of sp³-hybridized carbons (Fsp3) is 1.00. The molecule has 3 atom stereocenters. The lowest BCUT2D eigenvalue weighted by atomic mass is 9.95. The fourth-order valence-electron chi connectivity index (χ4n) is 2.77. The summed E-state index contributed by atoms with van der Waals surface area (Å²) in [7, 11) is 0. The van der Waals surface area contributed by atoms with Crippen LogP contribution in [0.3, 0.4) is 0 Å². The predicted molar refractivity (Wildman–Crippen MR) is 79.0 cm³/mol. The third kappa shape index (κ3) is 6.75. The molecule has 0 aromatic heterocycles. The summed E-state index contributed by atoms with van der Waals surface area (Å²) in [6.45, 7) is 9.09. The Morgan fingerprint density at radius 1 is 1.33 bits per heavy atom. The van der Waals surface area contributed by atoms with E-state index in [0.717, 1.165) is 18.6 Å². The molecule has 0 bridgehead atoms. The molecule has 2 nitrogen and oxygen atoms in total. The van der Waals surface area contributed by atoms with E-state index in [1.165, 1.54) is 57.9 Å². The highest BCUT2D eigenvalue weighted by atomic mass is 16.5. The highest BCUT2D eigenvalue weighted by molar-refractivity contribution is 4.72. The molecule has 3 unspecified atom stereocenters. The van der Waals surface area contributed by atoms with E-state index in [-0.39, 0.29) is 0 Å². The summed E-state index contributed by atoms with van der Waals surface area (Å²) in [5, 5.41) is 3.72. The molecule has 1 aliphatic rings. The molecule has 0 radical (unpaired) electrons.